The van der Waals surface area contributed by atoms with E-state index in [1.54, 1.807) is 23.1 Å². The standard InChI is InChI=1S/C24H20Cl2N2O2S/c1-3-15-7-5-6-8-20(15)27-24-28(4-2)23(29)22(31-24)14-17-10-12-21(30-17)18-11-9-16(25)13-19(18)26/h5-14H,3-4H2,1-2H3/b22-14+,27-24?. The van der Waals surface area contributed by atoms with Crippen molar-refractivity contribution in [1.82, 2.24) is 4.90 Å². The molecule has 1 amide bonds. The topological polar surface area (TPSA) is 45.8 Å². The summed E-state index contributed by atoms with van der Waals surface area (Å²) in [5, 5.41) is 1.74. The van der Waals surface area contributed by atoms with Crippen LogP contribution in [0.15, 0.2) is 68.9 Å². The summed E-state index contributed by atoms with van der Waals surface area (Å²) in [6.45, 7) is 4.58. The van der Waals surface area contributed by atoms with Gasteiger partial charge in [0.1, 0.15) is 11.5 Å². The molecule has 4 rings (SSSR count). The first kappa shape index (κ1) is 21.8. The molecule has 31 heavy (non-hydrogen) atoms. The summed E-state index contributed by atoms with van der Waals surface area (Å²) in [7, 11) is 0. The van der Waals surface area contributed by atoms with Gasteiger partial charge in [-0.05, 0) is 67.1 Å². The Hall–Kier alpha value is -2.47. The van der Waals surface area contributed by atoms with Crippen LogP contribution in [0.4, 0.5) is 5.69 Å². The highest BCUT2D eigenvalue weighted by Crippen LogP contribution is 2.36. The summed E-state index contributed by atoms with van der Waals surface area (Å²) in [6, 6.07) is 16.9. The van der Waals surface area contributed by atoms with Gasteiger partial charge in [-0.2, -0.15) is 0 Å². The van der Waals surface area contributed by atoms with Crippen molar-refractivity contribution in [1.29, 1.82) is 0 Å². The maximum atomic E-state index is 12.9. The van der Waals surface area contributed by atoms with Gasteiger partial charge in [-0.25, -0.2) is 4.99 Å². The number of carbonyl (C=O) groups is 1. The number of nitrogens with zero attached hydrogens (tertiary/aromatic N) is 2. The molecular formula is C24H20Cl2N2O2S. The van der Waals surface area contributed by atoms with Crippen molar-refractivity contribution in [2.45, 2.75) is 20.3 Å². The number of furan rings is 1. The van der Waals surface area contributed by atoms with Crippen LogP contribution in [-0.2, 0) is 11.2 Å². The lowest BCUT2D eigenvalue weighted by Crippen LogP contribution is -2.28. The monoisotopic (exact) mass is 470 g/mol. The zero-order valence-corrected chi connectivity index (χ0v) is 19.4. The molecular weight excluding hydrogens is 451 g/mol. The lowest BCUT2D eigenvalue weighted by atomic mass is 10.1. The van der Waals surface area contributed by atoms with Crippen molar-refractivity contribution in [3.63, 3.8) is 0 Å². The van der Waals surface area contributed by atoms with Gasteiger partial charge in [0.25, 0.3) is 5.91 Å². The Balaban J connectivity index is 1.64. The summed E-state index contributed by atoms with van der Waals surface area (Å²) >= 11 is 13.6. The summed E-state index contributed by atoms with van der Waals surface area (Å²) in [4.78, 5) is 20.0. The van der Waals surface area contributed by atoms with Crippen molar-refractivity contribution in [3.05, 3.63) is 80.9 Å². The van der Waals surface area contributed by atoms with E-state index in [2.05, 4.69) is 13.0 Å². The molecule has 0 bridgehead atoms. The molecule has 1 aliphatic rings. The molecule has 0 unspecified atom stereocenters. The van der Waals surface area contributed by atoms with Crippen LogP contribution in [-0.4, -0.2) is 22.5 Å². The normalized spacial score (nSPS) is 16.6. The van der Waals surface area contributed by atoms with Crippen LogP contribution < -0.4 is 0 Å². The number of aliphatic imine (C=N–C) groups is 1. The van der Waals surface area contributed by atoms with Gasteiger partial charge in [-0.3, -0.25) is 9.69 Å². The third-order valence-corrected chi connectivity index (χ3v) is 6.44. The molecule has 4 nitrogen and oxygen atoms in total. The van der Waals surface area contributed by atoms with Crippen LogP contribution in [0.25, 0.3) is 17.4 Å². The first-order valence-electron chi connectivity index (χ1n) is 9.93. The van der Waals surface area contributed by atoms with Crippen molar-refractivity contribution in [2.24, 2.45) is 4.99 Å². The summed E-state index contributed by atoms with van der Waals surface area (Å²) in [6.07, 6.45) is 2.63. The second-order valence-corrected chi connectivity index (χ2v) is 8.72. The molecule has 2 heterocycles. The number of likely N-dealkylation sites (N-methyl/N-ethyl adjacent to an activating group) is 1. The third-order valence-electron chi connectivity index (χ3n) is 4.89. The number of benzene rings is 2. The zero-order valence-electron chi connectivity index (χ0n) is 17.1. The van der Waals surface area contributed by atoms with Crippen LogP contribution >= 0.6 is 35.0 Å². The lowest BCUT2D eigenvalue weighted by Gasteiger charge is -2.12. The smallest absolute Gasteiger partial charge is 0.266 e. The maximum absolute atomic E-state index is 12.9. The number of thioether (sulfide) groups is 1. The van der Waals surface area contributed by atoms with Crippen LogP contribution in [0, 0.1) is 0 Å². The Morgan fingerprint density at radius 3 is 2.65 bits per heavy atom. The molecule has 0 saturated carbocycles. The Morgan fingerprint density at radius 1 is 1.10 bits per heavy atom. The lowest BCUT2D eigenvalue weighted by molar-refractivity contribution is -0.122. The van der Waals surface area contributed by atoms with Gasteiger partial charge < -0.3 is 4.42 Å². The number of aryl methyl sites for hydroxylation is 1. The SMILES string of the molecule is CCc1ccccc1N=C1S/C(=C/c2ccc(-c3ccc(Cl)cc3Cl)o2)C(=O)N1CC. The third kappa shape index (κ3) is 4.59. The molecule has 1 aliphatic heterocycles. The molecule has 1 aromatic heterocycles. The van der Waals surface area contributed by atoms with E-state index in [0.29, 0.717) is 38.2 Å². The van der Waals surface area contributed by atoms with Gasteiger partial charge in [0.2, 0.25) is 0 Å². The predicted molar refractivity (Wildman–Crippen MR) is 130 cm³/mol. The summed E-state index contributed by atoms with van der Waals surface area (Å²) in [5.41, 5.74) is 2.78. The van der Waals surface area contributed by atoms with E-state index < -0.39 is 0 Å². The minimum absolute atomic E-state index is 0.0808. The number of rotatable bonds is 5. The van der Waals surface area contributed by atoms with Crippen LogP contribution in [0.2, 0.25) is 10.0 Å². The van der Waals surface area contributed by atoms with Crippen LogP contribution in [0.1, 0.15) is 25.2 Å². The van der Waals surface area contributed by atoms with Crippen molar-refractivity contribution >= 4 is 57.8 Å². The molecule has 0 atom stereocenters. The largest absolute Gasteiger partial charge is 0.457 e. The number of carbonyl (C=O) groups excluding carboxylic acids is 1. The number of hydrogen-bond acceptors (Lipinski definition) is 4. The average molecular weight is 471 g/mol. The molecule has 1 saturated heterocycles. The Morgan fingerprint density at radius 2 is 1.90 bits per heavy atom. The van der Waals surface area contributed by atoms with E-state index in [0.717, 1.165) is 23.2 Å². The molecule has 0 radical (unpaired) electrons. The highest BCUT2D eigenvalue weighted by atomic mass is 35.5. The first-order chi connectivity index (χ1) is 15.0. The van der Waals surface area contributed by atoms with Gasteiger partial charge >= 0.3 is 0 Å². The molecule has 3 aromatic rings. The Labute approximate surface area is 195 Å². The molecule has 2 aromatic carbocycles. The predicted octanol–water partition coefficient (Wildman–Crippen LogP) is 7.44. The molecule has 1 fully saturated rings. The van der Waals surface area contributed by atoms with Crippen molar-refractivity contribution < 1.29 is 9.21 Å². The highest BCUT2D eigenvalue weighted by Gasteiger charge is 2.32. The van der Waals surface area contributed by atoms with Crippen molar-refractivity contribution in [3.8, 4) is 11.3 Å². The number of amides is 1. The van der Waals surface area contributed by atoms with E-state index in [9.17, 15) is 4.79 Å². The number of hydrogen-bond donors (Lipinski definition) is 0. The van der Waals surface area contributed by atoms with E-state index in [-0.39, 0.29) is 5.91 Å². The van der Waals surface area contributed by atoms with Gasteiger partial charge in [-0.1, -0.05) is 48.3 Å². The minimum Gasteiger partial charge on any atom is -0.457 e. The van der Waals surface area contributed by atoms with Gasteiger partial charge in [0.15, 0.2) is 5.17 Å². The summed E-state index contributed by atoms with van der Waals surface area (Å²) < 4.78 is 5.93. The zero-order chi connectivity index (χ0) is 22.0. The van der Waals surface area contributed by atoms with E-state index in [1.165, 1.54) is 11.8 Å². The average Bonchev–Trinajstić information content (AvgIpc) is 3.33. The maximum Gasteiger partial charge on any atom is 0.266 e. The van der Waals surface area contributed by atoms with Gasteiger partial charge in [-0.15, -0.1) is 0 Å². The van der Waals surface area contributed by atoms with Crippen LogP contribution in [0.5, 0.6) is 0 Å². The molecule has 0 spiro atoms. The van der Waals surface area contributed by atoms with E-state index >= 15 is 0 Å². The van der Waals surface area contributed by atoms with E-state index in [4.69, 9.17) is 32.6 Å². The first-order valence-corrected chi connectivity index (χ1v) is 11.5. The van der Waals surface area contributed by atoms with Gasteiger partial charge in [0.05, 0.1) is 15.6 Å². The second kappa shape index (κ2) is 9.35. The molecule has 0 N–H and O–H groups in total. The number of halogens is 2. The van der Waals surface area contributed by atoms with Crippen molar-refractivity contribution in [2.75, 3.05) is 6.54 Å². The highest BCUT2D eigenvalue weighted by molar-refractivity contribution is 8.18. The van der Waals surface area contributed by atoms with Crippen LogP contribution in [0.3, 0.4) is 0 Å². The fourth-order valence-corrected chi connectivity index (χ4v) is 4.82. The number of amidine groups is 1. The molecule has 7 heteroatoms. The fraction of sp³-hybridized carbons (Fsp3) is 0.167. The minimum atomic E-state index is -0.0808. The number of para-hydroxylation sites is 1. The Bertz CT molecular complexity index is 1200. The van der Waals surface area contributed by atoms with Gasteiger partial charge in [0, 0.05) is 23.2 Å². The quantitative estimate of drug-likeness (QED) is 0.363. The van der Waals surface area contributed by atoms with E-state index in [1.807, 2.05) is 43.3 Å². The summed E-state index contributed by atoms with van der Waals surface area (Å²) in [5.74, 6) is 1.10. The fourth-order valence-electron chi connectivity index (χ4n) is 3.29. The molecule has 158 valence electrons. The second-order valence-electron chi connectivity index (χ2n) is 6.86. The molecule has 0 aliphatic carbocycles. The Kier molecular flexibility index (Phi) is 6.56.